The van der Waals surface area contributed by atoms with Crippen molar-refractivity contribution in [3.8, 4) is 11.5 Å². The third kappa shape index (κ3) is 2.84. The topological polar surface area (TPSA) is 62.3 Å². The molecule has 0 aliphatic rings. The Morgan fingerprint density at radius 3 is 2.37 bits per heavy atom. The maximum atomic E-state index is 5.90. The SMILES string of the molecule is COc1cc(Br)c(Cn2nc(C)cc2N)cc1OC. The molecule has 0 saturated heterocycles. The number of hydrogen-bond donors (Lipinski definition) is 1. The molecule has 0 radical (unpaired) electrons. The molecular formula is C13H16BrN3O2. The van der Waals surface area contributed by atoms with Gasteiger partial charge in [-0.2, -0.15) is 5.10 Å². The summed E-state index contributed by atoms with van der Waals surface area (Å²) in [6.45, 7) is 2.48. The predicted molar refractivity (Wildman–Crippen MR) is 77.7 cm³/mol. The largest absolute Gasteiger partial charge is 0.493 e. The highest BCUT2D eigenvalue weighted by molar-refractivity contribution is 9.10. The van der Waals surface area contributed by atoms with Gasteiger partial charge in [-0.25, -0.2) is 4.68 Å². The van der Waals surface area contributed by atoms with Gasteiger partial charge in [-0.3, -0.25) is 0 Å². The highest BCUT2D eigenvalue weighted by Crippen LogP contribution is 2.33. The monoisotopic (exact) mass is 325 g/mol. The van der Waals surface area contributed by atoms with E-state index in [1.807, 2.05) is 25.1 Å². The number of ether oxygens (including phenoxy) is 2. The number of aromatic nitrogens is 2. The van der Waals surface area contributed by atoms with Gasteiger partial charge in [0.05, 0.1) is 26.5 Å². The van der Waals surface area contributed by atoms with E-state index in [1.54, 1.807) is 18.9 Å². The van der Waals surface area contributed by atoms with E-state index in [2.05, 4.69) is 21.0 Å². The molecule has 2 aromatic rings. The Labute approximate surface area is 120 Å². The first-order chi connectivity index (χ1) is 9.05. The van der Waals surface area contributed by atoms with Crippen LogP contribution < -0.4 is 15.2 Å². The number of aryl methyl sites for hydroxylation is 1. The molecule has 0 amide bonds. The molecule has 1 heterocycles. The number of nitrogen functional groups attached to an aromatic ring is 1. The number of halogens is 1. The van der Waals surface area contributed by atoms with Crippen molar-refractivity contribution in [2.45, 2.75) is 13.5 Å². The van der Waals surface area contributed by atoms with E-state index in [9.17, 15) is 0 Å². The number of nitrogens with two attached hydrogens (primary N) is 1. The van der Waals surface area contributed by atoms with Crippen molar-refractivity contribution >= 4 is 21.7 Å². The normalized spacial score (nSPS) is 10.5. The molecule has 0 unspecified atom stereocenters. The molecule has 1 aromatic heterocycles. The average molecular weight is 326 g/mol. The lowest BCUT2D eigenvalue weighted by atomic mass is 10.2. The number of benzene rings is 1. The van der Waals surface area contributed by atoms with E-state index in [4.69, 9.17) is 15.2 Å². The fourth-order valence-corrected chi connectivity index (χ4v) is 2.32. The fourth-order valence-electron chi connectivity index (χ4n) is 1.87. The van der Waals surface area contributed by atoms with E-state index >= 15 is 0 Å². The smallest absolute Gasteiger partial charge is 0.161 e. The van der Waals surface area contributed by atoms with Crippen molar-refractivity contribution in [1.82, 2.24) is 9.78 Å². The summed E-state index contributed by atoms with van der Waals surface area (Å²) in [7, 11) is 3.22. The molecule has 0 fully saturated rings. The number of anilines is 1. The van der Waals surface area contributed by atoms with Crippen molar-refractivity contribution in [3.63, 3.8) is 0 Å². The van der Waals surface area contributed by atoms with Crippen molar-refractivity contribution in [2.24, 2.45) is 0 Å². The van der Waals surface area contributed by atoms with Crippen LogP contribution in [0.3, 0.4) is 0 Å². The van der Waals surface area contributed by atoms with Gasteiger partial charge in [-0.15, -0.1) is 0 Å². The van der Waals surface area contributed by atoms with Gasteiger partial charge < -0.3 is 15.2 Å². The fraction of sp³-hybridized carbons (Fsp3) is 0.308. The second kappa shape index (κ2) is 5.52. The molecule has 2 rings (SSSR count). The van der Waals surface area contributed by atoms with Crippen LogP contribution in [0.5, 0.6) is 11.5 Å². The molecule has 0 aliphatic carbocycles. The van der Waals surface area contributed by atoms with Gasteiger partial charge in [0.2, 0.25) is 0 Å². The van der Waals surface area contributed by atoms with Gasteiger partial charge in [0.25, 0.3) is 0 Å². The van der Waals surface area contributed by atoms with Crippen molar-refractivity contribution in [2.75, 3.05) is 20.0 Å². The van der Waals surface area contributed by atoms with Crippen molar-refractivity contribution < 1.29 is 9.47 Å². The van der Waals surface area contributed by atoms with Gasteiger partial charge in [-0.1, -0.05) is 15.9 Å². The molecule has 6 heteroatoms. The molecule has 0 saturated carbocycles. The van der Waals surface area contributed by atoms with E-state index in [-0.39, 0.29) is 0 Å². The molecule has 102 valence electrons. The quantitative estimate of drug-likeness (QED) is 0.938. The van der Waals surface area contributed by atoms with Gasteiger partial charge in [0, 0.05) is 10.5 Å². The summed E-state index contributed by atoms with van der Waals surface area (Å²) in [5, 5.41) is 4.34. The summed E-state index contributed by atoms with van der Waals surface area (Å²) in [6, 6.07) is 5.63. The molecule has 0 spiro atoms. The third-order valence-electron chi connectivity index (χ3n) is 2.81. The minimum Gasteiger partial charge on any atom is -0.493 e. The highest BCUT2D eigenvalue weighted by atomic mass is 79.9. The van der Waals surface area contributed by atoms with Crippen LogP contribution in [0.25, 0.3) is 0 Å². The second-order valence-corrected chi connectivity index (χ2v) is 5.02. The minimum absolute atomic E-state index is 0.570. The zero-order valence-electron chi connectivity index (χ0n) is 11.1. The predicted octanol–water partition coefficient (Wildman–Crippen LogP) is 2.60. The van der Waals surface area contributed by atoms with Crippen molar-refractivity contribution in [3.05, 3.63) is 33.9 Å². The first kappa shape index (κ1) is 13.7. The second-order valence-electron chi connectivity index (χ2n) is 4.17. The van der Waals surface area contributed by atoms with Crippen LogP contribution in [0.15, 0.2) is 22.7 Å². The summed E-state index contributed by atoms with van der Waals surface area (Å²) in [4.78, 5) is 0. The molecule has 2 N–H and O–H groups in total. The van der Waals surface area contributed by atoms with Gasteiger partial charge in [0.1, 0.15) is 5.82 Å². The Balaban J connectivity index is 2.37. The molecule has 1 aromatic carbocycles. The molecule has 19 heavy (non-hydrogen) atoms. The lowest BCUT2D eigenvalue weighted by Gasteiger charge is -2.12. The van der Waals surface area contributed by atoms with Crippen LogP contribution in [-0.2, 0) is 6.54 Å². The summed E-state index contributed by atoms with van der Waals surface area (Å²) >= 11 is 3.52. The molecule has 0 atom stereocenters. The first-order valence-corrected chi connectivity index (χ1v) is 6.54. The zero-order chi connectivity index (χ0) is 14.0. The van der Waals surface area contributed by atoms with Crippen LogP contribution in [-0.4, -0.2) is 24.0 Å². The number of methoxy groups -OCH3 is 2. The van der Waals surface area contributed by atoms with E-state index in [1.165, 1.54) is 0 Å². The Hall–Kier alpha value is -1.69. The molecule has 5 nitrogen and oxygen atoms in total. The number of hydrogen-bond acceptors (Lipinski definition) is 4. The van der Waals surface area contributed by atoms with Crippen LogP contribution >= 0.6 is 15.9 Å². The summed E-state index contributed by atoms with van der Waals surface area (Å²) < 4.78 is 13.2. The molecular weight excluding hydrogens is 310 g/mol. The minimum atomic E-state index is 0.570. The Bertz CT molecular complexity index is 596. The van der Waals surface area contributed by atoms with E-state index in [0.29, 0.717) is 23.9 Å². The Morgan fingerprint density at radius 1 is 1.21 bits per heavy atom. The van der Waals surface area contributed by atoms with E-state index in [0.717, 1.165) is 15.7 Å². The van der Waals surface area contributed by atoms with Crippen LogP contribution in [0.1, 0.15) is 11.3 Å². The van der Waals surface area contributed by atoms with Crippen LogP contribution in [0.2, 0.25) is 0 Å². The lowest BCUT2D eigenvalue weighted by Crippen LogP contribution is -2.07. The maximum Gasteiger partial charge on any atom is 0.161 e. The average Bonchev–Trinajstić information content (AvgIpc) is 2.69. The van der Waals surface area contributed by atoms with Crippen LogP contribution in [0, 0.1) is 6.92 Å². The van der Waals surface area contributed by atoms with Gasteiger partial charge in [-0.05, 0) is 24.6 Å². The Morgan fingerprint density at radius 2 is 1.84 bits per heavy atom. The standard InChI is InChI=1S/C13H16BrN3O2/c1-8-4-13(15)17(16-8)7-9-5-11(18-2)12(19-3)6-10(9)14/h4-6H,7,15H2,1-3H3. The highest BCUT2D eigenvalue weighted by Gasteiger charge is 2.11. The zero-order valence-corrected chi connectivity index (χ0v) is 12.7. The number of rotatable bonds is 4. The van der Waals surface area contributed by atoms with Gasteiger partial charge in [0.15, 0.2) is 11.5 Å². The molecule has 0 bridgehead atoms. The lowest BCUT2D eigenvalue weighted by molar-refractivity contribution is 0.354. The summed E-state index contributed by atoms with van der Waals surface area (Å²) in [5.74, 6) is 2.00. The van der Waals surface area contributed by atoms with Gasteiger partial charge >= 0.3 is 0 Å². The van der Waals surface area contributed by atoms with Crippen LogP contribution in [0.4, 0.5) is 5.82 Å². The third-order valence-corrected chi connectivity index (χ3v) is 3.54. The summed E-state index contributed by atoms with van der Waals surface area (Å²) in [5.41, 5.74) is 7.81. The Kier molecular flexibility index (Phi) is 3.99. The number of nitrogens with zero attached hydrogens (tertiary/aromatic N) is 2. The summed E-state index contributed by atoms with van der Waals surface area (Å²) in [6.07, 6.45) is 0. The first-order valence-electron chi connectivity index (χ1n) is 5.75. The maximum absolute atomic E-state index is 5.90. The van der Waals surface area contributed by atoms with Crippen molar-refractivity contribution in [1.29, 1.82) is 0 Å². The molecule has 0 aliphatic heterocycles. The van der Waals surface area contributed by atoms with E-state index < -0.39 is 0 Å².